The third-order valence-electron chi connectivity index (χ3n) is 7.73. The van der Waals surface area contributed by atoms with Crippen molar-refractivity contribution in [1.29, 1.82) is 0 Å². The fourth-order valence-corrected chi connectivity index (χ4v) is 6.45. The summed E-state index contributed by atoms with van der Waals surface area (Å²) in [6.07, 6.45) is 1.84. The first-order valence-corrected chi connectivity index (χ1v) is 14.2. The van der Waals surface area contributed by atoms with Gasteiger partial charge >= 0.3 is 0 Å². The lowest BCUT2D eigenvalue weighted by Gasteiger charge is -2.11. The maximum absolute atomic E-state index is 4.99. The van der Waals surface area contributed by atoms with Crippen LogP contribution in [0.3, 0.4) is 0 Å². The number of imidazole rings is 1. The first kappa shape index (κ1) is 22.9. The molecule has 4 aromatic heterocycles. The second-order valence-corrected chi connectivity index (χ2v) is 10.8. The average molecular weight is 533 g/mol. The van der Waals surface area contributed by atoms with Gasteiger partial charge in [0.25, 0.3) is 0 Å². The smallest absolute Gasteiger partial charge is 0.140 e. The van der Waals surface area contributed by atoms with Crippen LogP contribution in [0, 0.1) is 0 Å². The van der Waals surface area contributed by atoms with Crippen molar-refractivity contribution < 1.29 is 0 Å². The molecule has 0 unspecified atom stereocenters. The number of thiophene rings is 1. The van der Waals surface area contributed by atoms with Crippen LogP contribution in [0.4, 0.5) is 0 Å². The molecule has 0 spiro atoms. The Morgan fingerprint density at radius 1 is 0.625 bits per heavy atom. The molecule has 0 aliphatic heterocycles. The largest absolute Gasteiger partial charge is 0.327 e. The highest BCUT2D eigenvalue weighted by Gasteiger charge is 2.17. The summed E-state index contributed by atoms with van der Waals surface area (Å²) in [6.45, 7) is 0. The quantitative estimate of drug-likeness (QED) is 0.227. The molecule has 0 aliphatic rings. The third kappa shape index (κ3) is 3.59. The minimum atomic E-state index is 0.959. The summed E-state index contributed by atoms with van der Waals surface area (Å²) in [6, 6.07) is 38.7. The zero-order valence-electron chi connectivity index (χ0n) is 21.8. The lowest BCUT2D eigenvalue weighted by atomic mass is 10.0. The van der Waals surface area contributed by atoms with Crippen LogP contribution in [0.2, 0.25) is 0 Å². The molecule has 0 N–H and O–H groups in total. The van der Waals surface area contributed by atoms with E-state index >= 15 is 0 Å². The van der Waals surface area contributed by atoms with Gasteiger partial charge in [-0.2, -0.15) is 11.3 Å². The van der Waals surface area contributed by atoms with Gasteiger partial charge in [-0.15, -0.1) is 0 Å². The normalized spacial score (nSPS) is 11.6. The summed E-state index contributed by atoms with van der Waals surface area (Å²) in [7, 11) is 2.09. The Bertz CT molecular complexity index is 2170. The van der Waals surface area contributed by atoms with Crippen LogP contribution in [0.25, 0.3) is 72.3 Å². The Labute approximate surface area is 235 Å². The number of hydrogen-bond donors (Lipinski definition) is 0. The minimum absolute atomic E-state index is 0.959. The molecule has 0 saturated carbocycles. The first-order chi connectivity index (χ1) is 19.7. The van der Waals surface area contributed by atoms with Gasteiger partial charge in [-0.1, -0.05) is 48.5 Å². The lowest BCUT2D eigenvalue weighted by molar-refractivity contribution is 0.959. The van der Waals surface area contributed by atoms with E-state index in [2.05, 4.69) is 123 Å². The molecule has 8 aromatic rings. The maximum Gasteiger partial charge on any atom is 0.140 e. The number of pyridine rings is 1. The maximum atomic E-state index is 4.99. The summed E-state index contributed by atoms with van der Waals surface area (Å²) < 4.78 is 4.56. The molecule has 0 aliphatic carbocycles. The van der Waals surface area contributed by atoms with E-state index in [1.165, 1.54) is 27.4 Å². The third-order valence-corrected chi connectivity index (χ3v) is 8.41. The molecule has 0 amide bonds. The Hall–Kier alpha value is -5.00. The van der Waals surface area contributed by atoms with E-state index in [9.17, 15) is 0 Å². The van der Waals surface area contributed by atoms with E-state index in [1.807, 2.05) is 24.4 Å². The Morgan fingerprint density at radius 3 is 2.38 bits per heavy atom. The second kappa shape index (κ2) is 9.04. The fraction of sp³-hybridized carbons (Fsp3) is 0.0286. The van der Waals surface area contributed by atoms with Crippen LogP contribution in [0.1, 0.15) is 0 Å². The monoisotopic (exact) mass is 532 g/mol. The van der Waals surface area contributed by atoms with Crippen LogP contribution >= 0.6 is 11.3 Å². The van der Waals surface area contributed by atoms with E-state index in [4.69, 9.17) is 4.98 Å². The van der Waals surface area contributed by atoms with Crippen molar-refractivity contribution in [1.82, 2.24) is 19.1 Å². The lowest BCUT2D eigenvalue weighted by Crippen LogP contribution is -1.96. The molecule has 0 atom stereocenters. The van der Waals surface area contributed by atoms with Gasteiger partial charge in [0.1, 0.15) is 5.82 Å². The molecule has 4 heterocycles. The van der Waals surface area contributed by atoms with Gasteiger partial charge in [0, 0.05) is 40.8 Å². The molecule has 0 fully saturated rings. The molecule has 0 radical (unpaired) electrons. The fourth-order valence-electron chi connectivity index (χ4n) is 5.79. The van der Waals surface area contributed by atoms with Crippen molar-refractivity contribution in [3.05, 3.63) is 126 Å². The molecular formula is C35H24N4S. The van der Waals surface area contributed by atoms with Crippen LogP contribution in [-0.2, 0) is 7.05 Å². The average Bonchev–Trinajstić information content (AvgIpc) is 3.74. The number of fused-ring (bicyclic) bond motifs is 4. The van der Waals surface area contributed by atoms with E-state index in [0.717, 1.165) is 44.9 Å². The Balaban J connectivity index is 1.40. The molecule has 8 rings (SSSR count). The molecule has 40 heavy (non-hydrogen) atoms. The van der Waals surface area contributed by atoms with E-state index in [-0.39, 0.29) is 0 Å². The standard InChI is InChI=1S/C35H24N4S/c1-38-33-11-3-2-10-31(33)37-35(38)25-12-14-28-29-20-23(26-16-18-40-22-26)13-15-32(29)39(34(28)21-25)27-8-6-7-24(19-27)30-9-4-5-17-36-30/h2-22H,1H3. The molecule has 0 bridgehead atoms. The highest BCUT2D eigenvalue weighted by Crippen LogP contribution is 2.38. The van der Waals surface area contributed by atoms with E-state index in [1.54, 1.807) is 11.3 Å². The second-order valence-electron chi connectivity index (χ2n) is 10.1. The minimum Gasteiger partial charge on any atom is -0.327 e. The zero-order valence-corrected chi connectivity index (χ0v) is 22.6. The van der Waals surface area contributed by atoms with Crippen molar-refractivity contribution >= 4 is 44.2 Å². The van der Waals surface area contributed by atoms with Crippen molar-refractivity contribution in [2.75, 3.05) is 0 Å². The number of nitrogens with zero attached hydrogens (tertiary/aromatic N) is 4. The number of rotatable bonds is 4. The van der Waals surface area contributed by atoms with Crippen molar-refractivity contribution in [3.63, 3.8) is 0 Å². The van der Waals surface area contributed by atoms with Gasteiger partial charge in [0.15, 0.2) is 0 Å². The van der Waals surface area contributed by atoms with E-state index < -0.39 is 0 Å². The van der Waals surface area contributed by atoms with Crippen molar-refractivity contribution in [2.24, 2.45) is 7.05 Å². The van der Waals surface area contributed by atoms with Crippen LogP contribution in [0.15, 0.2) is 126 Å². The van der Waals surface area contributed by atoms with Gasteiger partial charge in [0.05, 0.1) is 27.8 Å². The van der Waals surface area contributed by atoms with Gasteiger partial charge in [-0.3, -0.25) is 4.98 Å². The summed E-state index contributed by atoms with van der Waals surface area (Å²) in [5, 5.41) is 6.80. The Kier molecular flexibility index (Phi) is 5.18. The molecular weight excluding hydrogens is 508 g/mol. The summed E-state index contributed by atoms with van der Waals surface area (Å²) in [5.74, 6) is 0.959. The number of aryl methyl sites for hydroxylation is 1. The molecule has 4 aromatic carbocycles. The molecule has 190 valence electrons. The summed E-state index contributed by atoms with van der Waals surface area (Å²) >= 11 is 1.73. The van der Waals surface area contributed by atoms with Gasteiger partial charge in [-0.25, -0.2) is 4.98 Å². The van der Waals surface area contributed by atoms with Crippen LogP contribution in [0.5, 0.6) is 0 Å². The first-order valence-electron chi connectivity index (χ1n) is 13.3. The number of hydrogen-bond acceptors (Lipinski definition) is 3. The number of aromatic nitrogens is 4. The van der Waals surface area contributed by atoms with Crippen LogP contribution < -0.4 is 0 Å². The Morgan fingerprint density at radius 2 is 1.52 bits per heavy atom. The predicted molar refractivity (Wildman–Crippen MR) is 167 cm³/mol. The van der Waals surface area contributed by atoms with E-state index in [0.29, 0.717) is 0 Å². The SMILES string of the molecule is Cn1c(-c2ccc3c4cc(-c5ccsc5)ccc4n(-c4cccc(-c5ccccn5)c4)c3c2)nc2ccccc21. The number of benzene rings is 4. The predicted octanol–water partition coefficient (Wildman–Crippen LogP) is 9.13. The molecule has 5 heteroatoms. The van der Waals surface area contributed by atoms with Gasteiger partial charge < -0.3 is 9.13 Å². The summed E-state index contributed by atoms with van der Waals surface area (Å²) in [4.78, 5) is 9.59. The van der Waals surface area contributed by atoms with Gasteiger partial charge in [-0.05, 0) is 82.6 Å². The van der Waals surface area contributed by atoms with Crippen LogP contribution in [-0.4, -0.2) is 19.1 Å². The van der Waals surface area contributed by atoms with Gasteiger partial charge in [0.2, 0.25) is 0 Å². The topological polar surface area (TPSA) is 35.6 Å². The number of para-hydroxylation sites is 2. The highest BCUT2D eigenvalue weighted by atomic mass is 32.1. The van der Waals surface area contributed by atoms with Crippen molar-refractivity contribution in [2.45, 2.75) is 0 Å². The molecule has 4 nitrogen and oxygen atoms in total. The van der Waals surface area contributed by atoms with Crippen molar-refractivity contribution in [3.8, 4) is 39.5 Å². The summed E-state index contributed by atoms with van der Waals surface area (Å²) in [5.41, 5.74) is 11.2. The zero-order chi connectivity index (χ0) is 26.6. The highest BCUT2D eigenvalue weighted by molar-refractivity contribution is 7.08. The molecule has 0 saturated heterocycles.